The lowest BCUT2D eigenvalue weighted by molar-refractivity contribution is 0.0478. The van der Waals surface area contributed by atoms with Crippen molar-refractivity contribution in [2.24, 2.45) is 0 Å². The van der Waals surface area contributed by atoms with Crippen LogP contribution in [0.5, 0.6) is 0 Å². The van der Waals surface area contributed by atoms with Crippen LogP contribution in [0.4, 0.5) is 0 Å². The number of sulfonamides is 1. The van der Waals surface area contributed by atoms with Crippen molar-refractivity contribution in [2.75, 3.05) is 26.2 Å². The van der Waals surface area contributed by atoms with Crippen molar-refractivity contribution in [3.05, 3.63) is 54.5 Å². The Bertz CT molecular complexity index is 907. The lowest BCUT2D eigenvalue weighted by Crippen LogP contribution is -2.58. The van der Waals surface area contributed by atoms with Gasteiger partial charge in [0.2, 0.25) is 10.0 Å². The van der Waals surface area contributed by atoms with E-state index in [4.69, 9.17) is 4.42 Å². The maximum Gasteiger partial charge on any atom is 0.257 e. The Morgan fingerprint density at radius 1 is 1.00 bits per heavy atom. The van der Waals surface area contributed by atoms with Gasteiger partial charge in [-0.2, -0.15) is 0 Å². The number of hydrogen-bond acceptors (Lipinski definition) is 5. The second-order valence-electron chi connectivity index (χ2n) is 7.73. The first-order valence-corrected chi connectivity index (χ1v) is 11.7. The zero-order chi connectivity index (χ0) is 20.3. The van der Waals surface area contributed by atoms with Crippen molar-refractivity contribution in [3.8, 4) is 0 Å². The summed E-state index contributed by atoms with van der Waals surface area (Å²) in [6.07, 6.45) is 6.92. The maximum absolute atomic E-state index is 12.8. The van der Waals surface area contributed by atoms with Gasteiger partial charge in [0.05, 0.1) is 16.7 Å². The van der Waals surface area contributed by atoms with Gasteiger partial charge in [0.1, 0.15) is 6.26 Å². The van der Waals surface area contributed by atoms with Crippen LogP contribution in [0.1, 0.15) is 36.0 Å². The van der Waals surface area contributed by atoms with Crippen molar-refractivity contribution in [2.45, 2.75) is 42.7 Å². The molecule has 1 saturated carbocycles. The first-order valence-electron chi connectivity index (χ1n) is 10.2. The summed E-state index contributed by atoms with van der Waals surface area (Å²) in [5.41, 5.74) is 0.574. The Morgan fingerprint density at radius 3 is 2.41 bits per heavy atom. The van der Waals surface area contributed by atoms with Gasteiger partial charge >= 0.3 is 0 Å². The number of piperazine rings is 1. The minimum absolute atomic E-state index is 0.0108. The van der Waals surface area contributed by atoms with Gasteiger partial charge in [-0.3, -0.25) is 9.69 Å². The smallest absolute Gasteiger partial charge is 0.257 e. The molecule has 1 aromatic heterocycles. The number of amides is 1. The molecule has 1 aromatic carbocycles. The molecule has 1 aliphatic heterocycles. The van der Waals surface area contributed by atoms with E-state index in [-0.39, 0.29) is 18.0 Å². The molecule has 2 heterocycles. The number of carbonyl (C=O) groups is 1. The average Bonchev–Trinajstić information content (AvgIpc) is 3.29. The third kappa shape index (κ3) is 4.55. The fourth-order valence-corrected chi connectivity index (χ4v) is 5.70. The minimum Gasteiger partial charge on any atom is -0.472 e. The molecule has 2 aromatic rings. The third-order valence-corrected chi connectivity index (χ3v) is 7.43. The highest BCUT2D eigenvalue weighted by atomic mass is 32.2. The van der Waals surface area contributed by atoms with E-state index < -0.39 is 10.0 Å². The Balaban J connectivity index is 1.40. The van der Waals surface area contributed by atoms with Gasteiger partial charge in [0, 0.05) is 38.3 Å². The zero-order valence-electron chi connectivity index (χ0n) is 16.4. The summed E-state index contributed by atoms with van der Waals surface area (Å²) in [7, 11) is -3.54. The first kappa shape index (κ1) is 20.1. The number of carbonyl (C=O) groups excluding carboxylic acids is 1. The molecule has 1 aliphatic carbocycles. The van der Waals surface area contributed by atoms with E-state index in [9.17, 15) is 13.2 Å². The van der Waals surface area contributed by atoms with Gasteiger partial charge in [-0.1, -0.05) is 31.0 Å². The summed E-state index contributed by atoms with van der Waals surface area (Å²) in [5, 5.41) is 0. The van der Waals surface area contributed by atoms with Crippen LogP contribution < -0.4 is 4.72 Å². The highest BCUT2D eigenvalue weighted by molar-refractivity contribution is 7.89. The molecule has 29 heavy (non-hydrogen) atoms. The molecule has 0 unspecified atom stereocenters. The zero-order valence-corrected chi connectivity index (χ0v) is 17.2. The molecular formula is C21H27N3O4S. The standard InChI is InChI=1S/C21H27N3O4S/c25-21(17-10-15-28-16-17)24-13-11-23(12-14-24)20-9-5-4-8-19(20)22-29(26,27)18-6-2-1-3-7-18/h1-3,6-7,10,15-16,19-20,22H,4-5,8-9,11-14H2/t19-,20-/m1/s1. The van der Waals surface area contributed by atoms with E-state index >= 15 is 0 Å². The highest BCUT2D eigenvalue weighted by Crippen LogP contribution is 2.26. The normalized spacial score (nSPS) is 23.8. The van der Waals surface area contributed by atoms with Gasteiger partial charge in [0.15, 0.2) is 0 Å². The summed E-state index contributed by atoms with van der Waals surface area (Å²) in [5.74, 6) is -0.0108. The van der Waals surface area contributed by atoms with Crippen LogP contribution in [0.25, 0.3) is 0 Å². The van der Waals surface area contributed by atoms with E-state index in [1.54, 1.807) is 30.3 Å². The number of nitrogens with zero attached hydrogens (tertiary/aromatic N) is 2. The first-order chi connectivity index (χ1) is 14.0. The van der Waals surface area contributed by atoms with E-state index in [0.717, 1.165) is 38.8 Å². The molecule has 2 fully saturated rings. The topological polar surface area (TPSA) is 82.9 Å². The van der Waals surface area contributed by atoms with Gasteiger partial charge in [-0.25, -0.2) is 13.1 Å². The molecule has 0 spiro atoms. The summed E-state index contributed by atoms with van der Waals surface area (Å²) in [6.45, 7) is 2.77. The Labute approximate surface area is 171 Å². The fraction of sp³-hybridized carbons (Fsp3) is 0.476. The van der Waals surface area contributed by atoms with Crippen LogP contribution in [-0.2, 0) is 10.0 Å². The van der Waals surface area contributed by atoms with Crippen LogP contribution in [0.15, 0.2) is 58.2 Å². The fourth-order valence-electron chi connectivity index (χ4n) is 4.38. The van der Waals surface area contributed by atoms with Gasteiger partial charge < -0.3 is 9.32 Å². The number of nitrogens with one attached hydrogen (secondary N) is 1. The van der Waals surface area contributed by atoms with Crippen LogP contribution in [-0.4, -0.2) is 62.4 Å². The van der Waals surface area contributed by atoms with Crippen LogP contribution in [0, 0.1) is 0 Å². The van der Waals surface area contributed by atoms with Crippen molar-refractivity contribution < 1.29 is 17.6 Å². The largest absolute Gasteiger partial charge is 0.472 e. The number of furan rings is 1. The van der Waals surface area contributed by atoms with E-state index in [1.807, 2.05) is 11.0 Å². The lowest BCUT2D eigenvalue weighted by atomic mass is 9.89. The number of benzene rings is 1. The molecular weight excluding hydrogens is 390 g/mol. The minimum atomic E-state index is -3.54. The highest BCUT2D eigenvalue weighted by Gasteiger charge is 2.35. The number of hydrogen-bond donors (Lipinski definition) is 1. The second-order valence-corrected chi connectivity index (χ2v) is 9.45. The van der Waals surface area contributed by atoms with Crippen molar-refractivity contribution >= 4 is 15.9 Å². The summed E-state index contributed by atoms with van der Waals surface area (Å²) in [6, 6.07) is 10.3. The van der Waals surface area contributed by atoms with Gasteiger partial charge in [-0.15, -0.1) is 0 Å². The quantitative estimate of drug-likeness (QED) is 0.807. The molecule has 8 heteroatoms. The molecule has 4 rings (SSSR count). The average molecular weight is 418 g/mol. The summed E-state index contributed by atoms with van der Waals surface area (Å²) in [4.78, 5) is 17.0. The number of rotatable bonds is 5. The Hall–Kier alpha value is -2.16. The Morgan fingerprint density at radius 2 is 1.72 bits per heavy atom. The van der Waals surface area contributed by atoms with E-state index in [0.29, 0.717) is 23.5 Å². The van der Waals surface area contributed by atoms with E-state index in [1.165, 1.54) is 12.5 Å². The molecule has 0 radical (unpaired) electrons. The second kappa shape index (κ2) is 8.69. The molecule has 1 amide bonds. The third-order valence-electron chi connectivity index (χ3n) is 5.93. The SMILES string of the molecule is O=C(c1ccoc1)N1CCN([C@@H]2CCCC[C@H]2NS(=O)(=O)c2ccccc2)CC1. The predicted octanol–water partition coefficient (Wildman–Crippen LogP) is 2.33. The van der Waals surface area contributed by atoms with Crippen molar-refractivity contribution in [1.29, 1.82) is 0 Å². The molecule has 2 aliphatic rings. The van der Waals surface area contributed by atoms with Gasteiger partial charge in [-0.05, 0) is 31.0 Å². The van der Waals surface area contributed by atoms with Gasteiger partial charge in [0.25, 0.3) is 5.91 Å². The molecule has 1 saturated heterocycles. The molecule has 0 bridgehead atoms. The van der Waals surface area contributed by atoms with Crippen LogP contribution in [0.2, 0.25) is 0 Å². The van der Waals surface area contributed by atoms with E-state index in [2.05, 4.69) is 9.62 Å². The van der Waals surface area contributed by atoms with Crippen LogP contribution >= 0.6 is 0 Å². The molecule has 2 atom stereocenters. The summed E-state index contributed by atoms with van der Waals surface area (Å²) < 4.78 is 33.6. The molecule has 7 nitrogen and oxygen atoms in total. The van der Waals surface area contributed by atoms with Crippen LogP contribution in [0.3, 0.4) is 0 Å². The molecule has 156 valence electrons. The monoisotopic (exact) mass is 417 g/mol. The lowest BCUT2D eigenvalue weighted by Gasteiger charge is -2.44. The van der Waals surface area contributed by atoms with Crippen molar-refractivity contribution in [1.82, 2.24) is 14.5 Å². The van der Waals surface area contributed by atoms with Crippen molar-refractivity contribution in [3.63, 3.8) is 0 Å². The molecule has 1 N–H and O–H groups in total. The summed E-state index contributed by atoms with van der Waals surface area (Å²) >= 11 is 0. The Kier molecular flexibility index (Phi) is 6.03. The predicted molar refractivity (Wildman–Crippen MR) is 109 cm³/mol. The maximum atomic E-state index is 12.8.